The van der Waals surface area contributed by atoms with Crippen molar-refractivity contribution in [3.63, 3.8) is 0 Å². The molecule has 1 aliphatic heterocycles. The van der Waals surface area contributed by atoms with Crippen LogP contribution in [-0.4, -0.2) is 38.8 Å². The van der Waals surface area contributed by atoms with Crippen molar-refractivity contribution >= 4 is 11.8 Å². The predicted molar refractivity (Wildman–Crippen MR) is 79.8 cm³/mol. The van der Waals surface area contributed by atoms with Gasteiger partial charge in [0.1, 0.15) is 5.82 Å². The Labute approximate surface area is 124 Å². The van der Waals surface area contributed by atoms with Crippen molar-refractivity contribution in [2.24, 2.45) is 5.73 Å². The fourth-order valence-corrected chi connectivity index (χ4v) is 4.77. The summed E-state index contributed by atoms with van der Waals surface area (Å²) in [7, 11) is 0. The smallest absolute Gasteiger partial charge is 0.191 e. The van der Waals surface area contributed by atoms with Crippen molar-refractivity contribution in [1.82, 2.24) is 14.8 Å². The molecule has 3 rings (SSSR count). The monoisotopic (exact) mass is 296 g/mol. The van der Waals surface area contributed by atoms with Gasteiger partial charge in [-0.2, -0.15) is 0 Å². The van der Waals surface area contributed by atoms with Crippen molar-refractivity contribution in [3.05, 3.63) is 5.82 Å². The van der Waals surface area contributed by atoms with E-state index in [9.17, 15) is 0 Å². The maximum atomic E-state index is 6.10. The molecule has 6 heteroatoms. The van der Waals surface area contributed by atoms with Gasteiger partial charge in [0.25, 0.3) is 0 Å². The predicted octanol–water partition coefficient (Wildman–Crippen LogP) is 2.13. The van der Waals surface area contributed by atoms with Gasteiger partial charge >= 0.3 is 0 Å². The summed E-state index contributed by atoms with van der Waals surface area (Å²) in [4.78, 5) is 0. The molecule has 1 atom stereocenters. The SMILES string of the molecule is Cc1nnc(SC2CCOC3(CCCC3)C2)n1CCN. The summed E-state index contributed by atoms with van der Waals surface area (Å²) < 4.78 is 8.24. The highest BCUT2D eigenvalue weighted by Gasteiger charge is 2.40. The van der Waals surface area contributed by atoms with E-state index >= 15 is 0 Å². The molecule has 2 heterocycles. The summed E-state index contributed by atoms with van der Waals surface area (Å²) in [5, 5.41) is 10.1. The molecule has 0 aromatic carbocycles. The second-order valence-corrected chi connectivity index (χ2v) is 7.21. The van der Waals surface area contributed by atoms with E-state index < -0.39 is 0 Å². The molecule has 112 valence electrons. The zero-order valence-electron chi connectivity index (χ0n) is 12.2. The average molecular weight is 296 g/mol. The maximum Gasteiger partial charge on any atom is 0.191 e. The Morgan fingerprint density at radius 2 is 2.20 bits per heavy atom. The fraction of sp³-hybridized carbons (Fsp3) is 0.857. The third-order valence-electron chi connectivity index (χ3n) is 4.49. The van der Waals surface area contributed by atoms with E-state index in [1.807, 2.05) is 18.7 Å². The quantitative estimate of drug-likeness (QED) is 0.922. The fourth-order valence-electron chi connectivity index (χ4n) is 3.44. The standard InChI is InChI=1S/C14H24N4OS/c1-11-16-17-13(18(11)8-7-15)20-12-4-9-19-14(10-12)5-2-3-6-14/h12H,2-10,15H2,1H3. The lowest BCUT2D eigenvalue weighted by molar-refractivity contribution is -0.0704. The van der Waals surface area contributed by atoms with Gasteiger partial charge in [0, 0.05) is 24.9 Å². The van der Waals surface area contributed by atoms with E-state index in [4.69, 9.17) is 10.5 Å². The van der Waals surface area contributed by atoms with Crippen LogP contribution in [0.2, 0.25) is 0 Å². The third kappa shape index (κ3) is 2.87. The van der Waals surface area contributed by atoms with Crippen LogP contribution < -0.4 is 5.73 Å². The number of ether oxygens (including phenoxy) is 1. The topological polar surface area (TPSA) is 66.0 Å². The first-order valence-corrected chi connectivity index (χ1v) is 8.51. The molecule has 1 aromatic heterocycles. The molecule has 0 bridgehead atoms. The zero-order chi connectivity index (χ0) is 14.0. The first-order chi connectivity index (χ1) is 9.72. The van der Waals surface area contributed by atoms with Gasteiger partial charge in [-0.15, -0.1) is 10.2 Å². The van der Waals surface area contributed by atoms with Crippen molar-refractivity contribution < 1.29 is 4.74 Å². The summed E-state index contributed by atoms with van der Waals surface area (Å²) in [6, 6.07) is 0. The number of rotatable bonds is 4. The van der Waals surface area contributed by atoms with Crippen LogP contribution in [0.25, 0.3) is 0 Å². The average Bonchev–Trinajstić information content (AvgIpc) is 3.01. The van der Waals surface area contributed by atoms with Crippen LogP contribution >= 0.6 is 11.8 Å². The molecule has 2 N–H and O–H groups in total. The van der Waals surface area contributed by atoms with Crippen LogP contribution in [0.15, 0.2) is 5.16 Å². The normalized spacial score (nSPS) is 25.4. The van der Waals surface area contributed by atoms with Gasteiger partial charge in [-0.25, -0.2) is 0 Å². The van der Waals surface area contributed by atoms with Gasteiger partial charge in [-0.05, 0) is 32.6 Å². The summed E-state index contributed by atoms with van der Waals surface area (Å²) in [6.45, 7) is 4.32. The van der Waals surface area contributed by atoms with Crippen molar-refractivity contribution in [1.29, 1.82) is 0 Å². The number of hydrogen-bond acceptors (Lipinski definition) is 5. The summed E-state index contributed by atoms with van der Waals surface area (Å²) in [5.74, 6) is 0.959. The van der Waals surface area contributed by atoms with Crippen molar-refractivity contribution in [2.75, 3.05) is 13.2 Å². The number of aromatic nitrogens is 3. The Bertz CT molecular complexity index is 456. The molecule has 1 unspecified atom stereocenters. The first kappa shape index (κ1) is 14.4. The minimum atomic E-state index is 0.170. The third-order valence-corrected chi connectivity index (χ3v) is 5.74. The van der Waals surface area contributed by atoms with E-state index in [1.54, 1.807) is 0 Å². The second-order valence-electron chi connectivity index (χ2n) is 5.94. The van der Waals surface area contributed by atoms with Crippen LogP contribution in [0.4, 0.5) is 0 Å². The molecule has 1 saturated heterocycles. The zero-order valence-corrected chi connectivity index (χ0v) is 13.0. The Balaban J connectivity index is 1.68. The van der Waals surface area contributed by atoms with Gasteiger partial charge in [0.05, 0.1) is 5.60 Å². The molecule has 20 heavy (non-hydrogen) atoms. The molecular weight excluding hydrogens is 272 g/mol. The van der Waals surface area contributed by atoms with E-state index in [1.165, 1.54) is 25.7 Å². The number of nitrogens with two attached hydrogens (primary N) is 1. The molecule has 0 amide bonds. The first-order valence-electron chi connectivity index (χ1n) is 7.63. The lowest BCUT2D eigenvalue weighted by atomic mass is 9.92. The molecule has 1 saturated carbocycles. The molecule has 0 radical (unpaired) electrons. The molecule has 1 aromatic rings. The van der Waals surface area contributed by atoms with E-state index in [-0.39, 0.29) is 5.60 Å². The minimum Gasteiger partial charge on any atom is -0.375 e. The van der Waals surface area contributed by atoms with Crippen LogP contribution in [-0.2, 0) is 11.3 Å². The molecule has 1 spiro atoms. The van der Waals surface area contributed by atoms with E-state index in [0.717, 1.165) is 37.0 Å². The van der Waals surface area contributed by atoms with E-state index in [2.05, 4.69) is 14.8 Å². The number of aryl methyl sites for hydroxylation is 1. The molecular formula is C14H24N4OS. The summed E-state index contributed by atoms with van der Waals surface area (Å²) in [5.41, 5.74) is 5.85. The van der Waals surface area contributed by atoms with Crippen LogP contribution in [0.1, 0.15) is 44.3 Å². The largest absolute Gasteiger partial charge is 0.375 e. The Hall–Kier alpha value is -0.590. The van der Waals surface area contributed by atoms with E-state index in [0.29, 0.717) is 11.8 Å². The van der Waals surface area contributed by atoms with Gasteiger partial charge < -0.3 is 15.0 Å². The molecule has 5 nitrogen and oxygen atoms in total. The highest BCUT2D eigenvalue weighted by Crippen LogP contribution is 2.44. The Morgan fingerprint density at radius 1 is 1.40 bits per heavy atom. The number of nitrogens with zero attached hydrogens (tertiary/aromatic N) is 3. The van der Waals surface area contributed by atoms with Gasteiger partial charge in [-0.1, -0.05) is 24.6 Å². The van der Waals surface area contributed by atoms with Crippen molar-refractivity contribution in [2.45, 2.75) is 68.0 Å². The highest BCUT2D eigenvalue weighted by molar-refractivity contribution is 7.99. The van der Waals surface area contributed by atoms with Gasteiger partial charge in [0.2, 0.25) is 0 Å². The van der Waals surface area contributed by atoms with Crippen molar-refractivity contribution in [3.8, 4) is 0 Å². The summed E-state index contributed by atoms with van der Waals surface area (Å²) in [6.07, 6.45) is 7.38. The molecule has 2 aliphatic rings. The van der Waals surface area contributed by atoms with Crippen LogP contribution in [0.3, 0.4) is 0 Å². The summed E-state index contributed by atoms with van der Waals surface area (Å²) >= 11 is 1.87. The second kappa shape index (κ2) is 6.03. The van der Waals surface area contributed by atoms with Crippen LogP contribution in [0, 0.1) is 6.92 Å². The van der Waals surface area contributed by atoms with Gasteiger partial charge in [-0.3, -0.25) is 0 Å². The Kier molecular flexibility index (Phi) is 4.33. The van der Waals surface area contributed by atoms with Gasteiger partial charge in [0.15, 0.2) is 5.16 Å². The lowest BCUT2D eigenvalue weighted by Crippen LogP contribution is -2.38. The lowest BCUT2D eigenvalue weighted by Gasteiger charge is -2.37. The number of hydrogen-bond donors (Lipinski definition) is 1. The maximum absolute atomic E-state index is 6.10. The van der Waals surface area contributed by atoms with Crippen LogP contribution in [0.5, 0.6) is 0 Å². The molecule has 1 aliphatic carbocycles. The number of thioether (sulfide) groups is 1. The highest BCUT2D eigenvalue weighted by atomic mass is 32.2. The Morgan fingerprint density at radius 3 is 2.95 bits per heavy atom. The minimum absolute atomic E-state index is 0.170. The molecule has 2 fully saturated rings.